The SMILES string of the molecule is CCCCCCCCC/C=C/C=C/CCCCCCCC(=O)OC(CCC/C=C/C=C/CCCCCCCCC)CC(=O)NC(CO)C(O)CCCCCCCCCCCC. The van der Waals surface area contributed by atoms with Crippen molar-refractivity contribution in [2.75, 3.05) is 6.61 Å². The summed E-state index contributed by atoms with van der Waals surface area (Å²) in [5, 5.41) is 23.7. The van der Waals surface area contributed by atoms with Crippen LogP contribution >= 0.6 is 0 Å². The van der Waals surface area contributed by atoms with Crippen molar-refractivity contribution in [3.8, 4) is 0 Å². The van der Waals surface area contributed by atoms with Crippen molar-refractivity contribution in [2.45, 2.75) is 283 Å². The molecule has 0 saturated heterocycles. The second-order valence-corrected chi connectivity index (χ2v) is 18.0. The number of nitrogens with one attached hydrogen (secondary N) is 1. The zero-order valence-electron chi connectivity index (χ0n) is 40.5. The Morgan fingerprint density at radius 3 is 1.25 bits per heavy atom. The summed E-state index contributed by atoms with van der Waals surface area (Å²) in [5.74, 6) is -0.534. The van der Waals surface area contributed by atoms with Gasteiger partial charge in [0.15, 0.2) is 0 Å². The van der Waals surface area contributed by atoms with E-state index < -0.39 is 18.2 Å². The van der Waals surface area contributed by atoms with Crippen LogP contribution in [-0.4, -0.2) is 46.9 Å². The third kappa shape index (κ3) is 44.2. The zero-order chi connectivity index (χ0) is 44.5. The van der Waals surface area contributed by atoms with Gasteiger partial charge in [0.25, 0.3) is 0 Å². The Bertz CT molecular complexity index is 1050. The number of unbranched alkanes of at least 4 members (excludes halogenated alkanes) is 29. The number of esters is 1. The van der Waals surface area contributed by atoms with E-state index in [-0.39, 0.29) is 24.9 Å². The Morgan fingerprint density at radius 1 is 0.475 bits per heavy atom. The maximum atomic E-state index is 13.2. The monoisotopic (exact) mass is 856 g/mol. The van der Waals surface area contributed by atoms with Gasteiger partial charge < -0.3 is 20.3 Å². The minimum absolute atomic E-state index is 0.0388. The molecule has 1 amide bonds. The molecule has 0 aliphatic carbocycles. The lowest BCUT2D eigenvalue weighted by Crippen LogP contribution is -2.46. The van der Waals surface area contributed by atoms with Gasteiger partial charge in [0, 0.05) is 6.42 Å². The first-order chi connectivity index (χ1) is 30.0. The van der Waals surface area contributed by atoms with E-state index in [4.69, 9.17) is 4.74 Å². The minimum atomic E-state index is -0.801. The van der Waals surface area contributed by atoms with E-state index in [2.05, 4.69) is 74.7 Å². The summed E-state index contributed by atoms with van der Waals surface area (Å²) in [5.41, 5.74) is 0. The largest absolute Gasteiger partial charge is 0.462 e. The molecule has 0 spiro atoms. The Balaban J connectivity index is 4.64. The number of carbonyl (C=O) groups excluding carboxylic acids is 2. The molecule has 0 radical (unpaired) electrons. The van der Waals surface area contributed by atoms with E-state index in [1.807, 2.05) is 0 Å². The van der Waals surface area contributed by atoms with Gasteiger partial charge in [-0.2, -0.15) is 0 Å². The summed E-state index contributed by atoms with van der Waals surface area (Å²) in [4.78, 5) is 26.1. The number of amides is 1. The van der Waals surface area contributed by atoms with Gasteiger partial charge in [-0.15, -0.1) is 0 Å². The fourth-order valence-corrected chi connectivity index (χ4v) is 7.89. The minimum Gasteiger partial charge on any atom is -0.462 e. The lowest BCUT2D eigenvalue weighted by Gasteiger charge is -2.24. The first kappa shape index (κ1) is 58.8. The van der Waals surface area contributed by atoms with E-state index in [1.165, 1.54) is 141 Å². The molecule has 0 saturated carbocycles. The van der Waals surface area contributed by atoms with Crippen molar-refractivity contribution in [1.29, 1.82) is 0 Å². The molecule has 356 valence electrons. The summed E-state index contributed by atoms with van der Waals surface area (Å²) in [7, 11) is 0. The van der Waals surface area contributed by atoms with Gasteiger partial charge in [-0.05, 0) is 70.6 Å². The lowest BCUT2D eigenvalue weighted by molar-refractivity contribution is -0.151. The van der Waals surface area contributed by atoms with Crippen molar-refractivity contribution in [3.05, 3.63) is 48.6 Å². The summed E-state index contributed by atoms with van der Waals surface area (Å²) in [6, 6.07) is -0.718. The molecule has 6 heteroatoms. The first-order valence-electron chi connectivity index (χ1n) is 26.4. The van der Waals surface area contributed by atoms with Crippen LogP contribution in [0, 0.1) is 0 Å². The highest BCUT2D eigenvalue weighted by molar-refractivity contribution is 5.77. The van der Waals surface area contributed by atoms with Crippen LogP contribution in [0.3, 0.4) is 0 Å². The molecule has 0 aliphatic rings. The van der Waals surface area contributed by atoms with Gasteiger partial charge in [-0.25, -0.2) is 0 Å². The number of ether oxygens (including phenoxy) is 1. The molecule has 61 heavy (non-hydrogen) atoms. The quantitative estimate of drug-likeness (QED) is 0.0322. The van der Waals surface area contributed by atoms with Gasteiger partial charge in [-0.3, -0.25) is 9.59 Å². The van der Waals surface area contributed by atoms with Crippen LogP contribution in [0.25, 0.3) is 0 Å². The first-order valence-corrected chi connectivity index (χ1v) is 26.4. The molecule has 3 atom stereocenters. The molecule has 0 aromatic rings. The van der Waals surface area contributed by atoms with Crippen LogP contribution in [0.15, 0.2) is 48.6 Å². The zero-order valence-corrected chi connectivity index (χ0v) is 40.5. The highest BCUT2D eigenvalue weighted by Crippen LogP contribution is 2.17. The number of aliphatic hydroxyl groups is 2. The Hall–Kier alpha value is -2.18. The Morgan fingerprint density at radius 2 is 0.836 bits per heavy atom. The second-order valence-electron chi connectivity index (χ2n) is 18.0. The predicted molar refractivity (Wildman–Crippen MR) is 264 cm³/mol. The summed E-state index contributed by atoms with van der Waals surface area (Å²) < 4.78 is 5.90. The van der Waals surface area contributed by atoms with Crippen LogP contribution in [0.5, 0.6) is 0 Å². The molecule has 0 aromatic heterocycles. The van der Waals surface area contributed by atoms with Gasteiger partial charge >= 0.3 is 5.97 Å². The number of hydrogen-bond acceptors (Lipinski definition) is 5. The number of allylic oxidation sites excluding steroid dienone is 8. The van der Waals surface area contributed by atoms with E-state index in [0.29, 0.717) is 19.3 Å². The fraction of sp³-hybridized carbons (Fsp3) is 0.818. The summed E-state index contributed by atoms with van der Waals surface area (Å²) in [6.07, 6.45) is 58.9. The molecular weight excluding hydrogens is 755 g/mol. The normalized spacial score (nSPS) is 13.6. The van der Waals surface area contributed by atoms with Crippen LogP contribution in [0.2, 0.25) is 0 Å². The number of aliphatic hydroxyl groups excluding tert-OH is 2. The van der Waals surface area contributed by atoms with Crippen molar-refractivity contribution in [3.63, 3.8) is 0 Å². The van der Waals surface area contributed by atoms with Crippen LogP contribution in [0.1, 0.15) is 265 Å². The van der Waals surface area contributed by atoms with E-state index in [0.717, 1.165) is 77.0 Å². The highest BCUT2D eigenvalue weighted by atomic mass is 16.5. The second kappa shape index (κ2) is 48.8. The molecule has 0 aromatic carbocycles. The number of rotatable bonds is 47. The fourth-order valence-electron chi connectivity index (χ4n) is 7.89. The third-order valence-corrected chi connectivity index (χ3v) is 11.9. The Labute approximate surface area is 378 Å². The van der Waals surface area contributed by atoms with Gasteiger partial charge in [0.2, 0.25) is 5.91 Å². The highest BCUT2D eigenvalue weighted by Gasteiger charge is 2.24. The lowest BCUT2D eigenvalue weighted by atomic mass is 10.0. The van der Waals surface area contributed by atoms with E-state index in [1.54, 1.807) is 0 Å². The molecule has 3 N–H and O–H groups in total. The Kier molecular flexibility index (Phi) is 47.1. The van der Waals surface area contributed by atoms with Gasteiger partial charge in [0.05, 0.1) is 25.2 Å². The maximum absolute atomic E-state index is 13.2. The van der Waals surface area contributed by atoms with Crippen molar-refractivity contribution in [1.82, 2.24) is 5.32 Å². The standard InChI is InChI=1S/C55H101NO5/c1-4-7-10-13-16-19-22-24-26-27-28-29-31-33-36-39-42-45-48-55(60)61-51(46-43-40-37-34-32-30-25-23-20-17-14-11-8-5-2)49-54(59)56-52(50-57)53(58)47-44-41-38-35-21-18-15-12-9-6-3/h26-30,32,34,37,51-53,57-58H,4-25,31,33,35-36,38-50H2,1-3H3,(H,56,59)/b27-26+,29-28+,32-30+,37-34+. The molecular formula is C55H101NO5. The van der Waals surface area contributed by atoms with E-state index in [9.17, 15) is 19.8 Å². The average Bonchev–Trinajstić information content (AvgIpc) is 3.25. The summed E-state index contributed by atoms with van der Waals surface area (Å²) >= 11 is 0. The molecule has 0 heterocycles. The molecule has 0 bridgehead atoms. The van der Waals surface area contributed by atoms with Crippen LogP contribution < -0.4 is 5.32 Å². The van der Waals surface area contributed by atoms with Gasteiger partial charge in [-0.1, -0.05) is 230 Å². The number of carbonyl (C=O) groups is 2. The van der Waals surface area contributed by atoms with E-state index >= 15 is 0 Å². The average molecular weight is 856 g/mol. The maximum Gasteiger partial charge on any atom is 0.306 e. The van der Waals surface area contributed by atoms with Gasteiger partial charge in [0.1, 0.15) is 6.10 Å². The predicted octanol–water partition coefficient (Wildman–Crippen LogP) is 15.8. The molecule has 3 unspecified atom stereocenters. The molecule has 6 nitrogen and oxygen atoms in total. The van der Waals surface area contributed by atoms with Crippen LogP contribution in [0.4, 0.5) is 0 Å². The summed E-state index contributed by atoms with van der Waals surface area (Å²) in [6.45, 7) is 6.45. The third-order valence-electron chi connectivity index (χ3n) is 11.9. The number of hydrogen-bond donors (Lipinski definition) is 3. The smallest absolute Gasteiger partial charge is 0.306 e. The molecule has 0 rings (SSSR count). The topological polar surface area (TPSA) is 95.9 Å². The van der Waals surface area contributed by atoms with Crippen molar-refractivity contribution in [2.24, 2.45) is 0 Å². The van der Waals surface area contributed by atoms with Crippen molar-refractivity contribution < 1.29 is 24.5 Å². The molecule has 0 fully saturated rings. The molecule has 0 aliphatic heterocycles. The van der Waals surface area contributed by atoms with Crippen LogP contribution in [-0.2, 0) is 14.3 Å². The van der Waals surface area contributed by atoms with Crippen molar-refractivity contribution >= 4 is 11.9 Å².